The third-order valence-electron chi connectivity index (χ3n) is 6.26. The summed E-state index contributed by atoms with van der Waals surface area (Å²) in [5.41, 5.74) is 2.14. The lowest BCUT2D eigenvalue weighted by Crippen LogP contribution is -2.31. The smallest absolute Gasteiger partial charge is 0.290 e. The average Bonchev–Trinajstić information content (AvgIpc) is 3.11. The molecule has 0 saturated heterocycles. The minimum Gasteiger partial charge on any atom is -0.506 e. The molecule has 1 aliphatic heterocycles. The number of aromatic nitrogens is 2. The van der Waals surface area contributed by atoms with Crippen LogP contribution in [-0.4, -0.2) is 45.0 Å². The molecule has 3 N–H and O–H groups in total. The van der Waals surface area contributed by atoms with Gasteiger partial charge in [-0.2, -0.15) is 0 Å². The maximum absolute atomic E-state index is 13.6. The number of anilines is 1. The SMILES string of the molecule is Cc1c([C@@H]2C=C(C(=O)Nc3ccccc3O)O[C@H](OCCCCO)C2)c(=O)n(-c2ccccc2)n1C. The number of allylic oxidation sites excluding steroid dienone is 1. The molecule has 0 aliphatic carbocycles. The highest BCUT2D eigenvalue weighted by molar-refractivity contribution is 6.03. The van der Waals surface area contributed by atoms with Crippen LogP contribution in [0.2, 0.25) is 0 Å². The van der Waals surface area contributed by atoms with E-state index in [2.05, 4.69) is 5.32 Å². The molecule has 36 heavy (non-hydrogen) atoms. The Morgan fingerprint density at radius 3 is 2.58 bits per heavy atom. The number of aromatic hydroxyl groups is 1. The molecular weight excluding hydrogens is 462 g/mol. The summed E-state index contributed by atoms with van der Waals surface area (Å²) in [6.45, 7) is 2.28. The molecule has 0 radical (unpaired) electrons. The van der Waals surface area contributed by atoms with Crippen LogP contribution >= 0.6 is 0 Å². The third-order valence-corrected chi connectivity index (χ3v) is 6.26. The van der Waals surface area contributed by atoms with E-state index in [4.69, 9.17) is 14.6 Å². The second-order valence-electron chi connectivity index (χ2n) is 8.67. The van der Waals surface area contributed by atoms with Crippen molar-refractivity contribution in [2.45, 2.75) is 38.4 Å². The van der Waals surface area contributed by atoms with Crippen LogP contribution in [0.3, 0.4) is 0 Å². The van der Waals surface area contributed by atoms with Gasteiger partial charge in [0.2, 0.25) is 6.29 Å². The van der Waals surface area contributed by atoms with Gasteiger partial charge in [-0.15, -0.1) is 0 Å². The van der Waals surface area contributed by atoms with Crippen LogP contribution in [0.25, 0.3) is 5.69 Å². The fourth-order valence-corrected chi connectivity index (χ4v) is 4.33. The molecule has 4 rings (SSSR count). The minimum absolute atomic E-state index is 0.00979. The Kier molecular flexibility index (Phi) is 7.92. The largest absolute Gasteiger partial charge is 0.506 e. The van der Waals surface area contributed by atoms with E-state index < -0.39 is 18.1 Å². The lowest BCUT2D eigenvalue weighted by atomic mass is 9.93. The van der Waals surface area contributed by atoms with E-state index in [1.165, 1.54) is 6.07 Å². The summed E-state index contributed by atoms with van der Waals surface area (Å²) < 4.78 is 15.1. The lowest BCUT2D eigenvalue weighted by Gasteiger charge is -2.29. The summed E-state index contributed by atoms with van der Waals surface area (Å²) in [6.07, 6.45) is 2.46. The first kappa shape index (κ1) is 25.3. The van der Waals surface area contributed by atoms with E-state index in [-0.39, 0.29) is 29.4 Å². The summed E-state index contributed by atoms with van der Waals surface area (Å²) in [4.78, 5) is 26.7. The number of aliphatic hydroxyl groups is 1. The van der Waals surface area contributed by atoms with Gasteiger partial charge in [0.1, 0.15) is 5.75 Å². The summed E-state index contributed by atoms with van der Waals surface area (Å²) >= 11 is 0. The molecule has 0 unspecified atom stereocenters. The molecule has 2 atom stereocenters. The van der Waals surface area contributed by atoms with Crippen molar-refractivity contribution in [3.63, 3.8) is 0 Å². The maximum atomic E-state index is 13.6. The predicted octanol–water partition coefficient (Wildman–Crippen LogP) is 3.33. The molecule has 2 aromatic carbocycles. The summed E-state index contributed by atoms with van der Waals surface area (Å²) in [6, 6.07) is 15.8. The Bertz CT molecular complexity index is 1290. The highest BCUT2D eigenvalue weighted by Crippen LogP contribution is 2.33. The van der Waals surface area contributed by atoms with Crippen LogP contribution in [-0.2, 0) is 21.3 Å². The lowest BCUT2D eigenvalue weighted by molar-refractivity contribution is -0.143. The van der Waals surface area contributed by atoms with E-state index in [1.54, 1.807) is 33.6 Å². The van der Waals surface area contributed by atoms with Gasteiger partial charge in [0.05, 0.1) is 18.0 Å². The molecule has 9 nitrogen and oxygen atoms in total. The van der Waals surface area contributed by atoms with Crippen LogP contribution in [0, 0.1) is 6.92 Å². The van der Waals surface area contributed by atoms with Crippen LogP contribution in [0.5, 0.6) is 5.75 Å². The zero-order chi connectivity index (χ0) is 25.7. The molecule has 0 fully saturated rings. The Morgan fingerprint density at radius 2 is 1.86 bits per heavy atom. The number of hydrogen-bond donors (Lipinski definition) is 3. The second-order valence-corrected chi connectivity index (χ2v) is 8.67. The standard InChI is InChI=1S/C27H31N3O6/c1-18-25(27(34)30(29(18)2)20-10-4-3-5-11-20)19-16-23(36-24(17-19)35-15-9-8-14-31)26(33)28-21-12-6-7-13-22(21)32/h3-7,10-13,16,19,24,31-32H,8-9,14-15,17H2,1-2H3,(H,28,33)/t19-,24+/m1/s1. The highest BCUT2D eigenvalue weighted by Gasteiger charge is 2.33. The van der Waals surface area contributed by atoms with Crippen LogP contribution in [0.4, 0.5) is 5.69 Å². The second kappa shape index (κ2) is 11.3. The zero-order valence-electron chi connectivity index (χ0n) is 20.4. The molecule has 0 saturated carbocycles. The van der Waals surface area contributed by atoms with Crippen molar-refractivity contribution in [2.24, 2.45) is 7.05 Å². The first-order chi connectivity index (χ1) is 17.4. The van der Waals surface area contributed by atoms with Crippen molar-refractivity contribution in [3.05, 3.63) is 88.0 Å². The number of nitrogens with zero attached hydrogens (tertiary/aromatic N) is 2. The van der Waals surface area contributed by atoms with Gasteiger partial charge in [0.15, 0.2) is 5.76 Å². The monoisotopic (exact) mass is 493 g/mol. The molecular formula is C27H31N3O6. The fraction of sp³-hybridized carbons (Fsp3) is 0.333. The summed E-state index contributed by atoms with van der Waals surface area (Å²) in [5.74, 6) is -1.05. The molecule has 190 valence electrons. The van der Waals surface area contributed by atoms with Gasteiger partial charge in [-0.1, -0.05) is 30.3 Å². The van der Waals surface area contributed by atoms with Gasteiger partial charge in [0, 0.05) is 37.3 Å². The quantitative estimate of drug-likeness (QED) is 0.311. The van der Waals surface area contributed by atoms with Gasteiger partial charge in [-0.3, -0.25) is 14.3 Å². The number of amides is 1. The number of carbonyl (C=O) groups excluding carboxylic acids is 1. The number of aliphatic hydroxyl groups excluding tert-OH is 1. The van der Waals surface area contributed by atoms with Gasteiger partial charge < -0.3 is 25.0 Å². The topological polar surface area (TPSA) is 115 Å². The number of hydrogen-bond acceptors (Lipinski definition) is 6. The van der Waals surface area contributed by atoms with Crippen LogP contribution < -0.4 is 10.9 Å². The van der Waals surface area contributed by atoms with Crippen molar-refractivity contribution >= 4 is 11.6 Å². The Balaban J connectivity index is 1.68. The average molecular weight is 494 g/mol. The minimum atomic E-state index is -0.756. The maximum Gasteiger partial charge on any atom is 0.290 e. The van der Waals surface area contributed by atoms with Crippen LogP contribution in [0.1, 0.15) is 36.4 Å². The van der Waals surface area contributed by atoms with E-state index in [1.807, 2.05) is 44.3 Å². The number of carbonyl (C=O) groups is 1. The first-order valence-corrected chi connectivity index (χ1v) is 11.9. The third kappa shape index (κ3) is 5.37. The number of unbranched alkanes of at least 4 members (excludes halogenated alkanes) is 1. The van der Waals surface area contributed by atoms with Crippen LogP contribution in [0.15, 0.2) is 71.2 Å². The molecule has 1 amide bonds. The summed E-state index contributed by atoms with van der Waals surface area (Å²) in [5, 5.41) is 21.8. The number of ether oxygens (including phenoxy) is 2. The highest BCUT2D eigenvalue weighted by atomic mass is 16.7. The molecule has 0 spiro atoms. The Labute approximate surface area is 209 Å². The van der Waals surface area contributed by atoms with Crippen molar-refractivity contribution < 1.29 is 24.5 Å². The molecule has 2 heterocycles. The molecule has 1 aromatic heterocycles. The molecule has 0 bridgehead atoms. The fourth-order valence-electron chi connectivity index (χ4n) is 4.33. The zero-order valence-corrected chi connectivity index (χ0v) is 20.4. The summed E-state index contributed by atoms with van der Waals surface area (Å²) in [7, 11) is 1.82. The molecule has 3 aromatic rings. The van der Waals surface area contributed by atoms with Gasteiger partial charge in [-0.05, 0) is 50.1 Å². The van der Waals surface area contributed by atoms with Gasteiger partial charge in [-0.25, -0.2) is 4.68 Å². The molecule has 9 heteroatoms. The Morgan fingerprint density at radius 1 is 1.14 bits per heavy atom. The van der Waals surface area contributed by atoms with Gasteiger partial charge >= 0.3 is 0 Å². The van der Waals surface area contributed by atoms with E-state index in [9.17, 15) is 14.7 Å². The van der Waals surface area contributed by atoms with Crippen molar-refractivity contribution in [2.75, 3.05) is 18.5 Å². The number of nitrogens with one attached hydrogen (secondary N) is 1. The number of para-hydroxylation sites is 3. The van der Waals surface area contributed by atoms with E-state index >= 15 is 0 Å². The molecule has 1 aliphatic rings. The number of phenolic OH excluding ortho intramolecular Hbond substituents is 1. The van der Waals surface area contributed by atoms with Gasteiger partial charge in [0.25, 0.3) is 11.5 Å². The first-order valence-electron chi connectivity index (χ1n) is 11.9. The number of phenols is 1. The van der Waals surface area contributed by atoms with Crippen molar-refractivity contribution in [1.82, 2.24) is 9.36 Å². The van der Waals surface area contributed by atoms with E-state index in [0.29, 0.717) is 31.4 Å². The van der Waals surface area contributed by atoms with Crippen molar-refractivity contribution in [3.8, 4) is 11.4 Å². The Hall–Kier alpha value is -3.82. The number of rotatable bonds is 9. The predicted molar refractivity (Wildman–Crippen MR) is 135 cm³/mol. The van der Waals surface area contributed by atoms with E-state index in [0.717, 1.165) is 11.4 Å². The van der Waals surface area contributed by atoms with Crippen molar-refractivity contribution in [1.29, 1.82) is 0 Å². The number of benzene rings is 2. The normalized spacial score (nSPS) is 17.4.